The number of aromatic nitrogens is 1. The van der Waals surface area contributed by atoms with Crippen molar-refractivity contribution in [3.05, 3.63) is 30.5 Å². The average molecular weight is 709 g/mol. The first-order valence-electron chi connectivity index (χ1n) is 19.5. The number of hydrogen-bond donors (Lipinski definition) is 2. The predicted molar refractivity (Wildman–Crippen MR) is 199 cm³/mol. The average Bonchev–Trinajstić information content (AvgIpc) is 3.65. The zero-order valence-corrected chi connectivity index (χ0v) is 32.2. The monoisotopic (exact) mass is 709 g/mol. The number of nitrogens with one attached hydrogen (secondary N) is 1. The maximum absolute atomic E-state index is 13.6. The number of ether oxygens (including phenoxy) is 1. The summed E-state index contributed by atoms with van der Waals surface area (Å²) in [6.45, 7) is 23.2. The van der Waals surface area contributed by atoms with Crippen LogP contribution in [0.2, 0.25) is 0 Å². The van der Waals surface area contributed by atoms with Crippen LogP contribution in [0.15, 0.2) is 29.0 Å². The Balaban J connectivity index is 0.00000504. The van der Waals surface area contributed by atoms with Crippen LogP contribution in [-0.2, 0) is 25.7 Å². The SMILES string of the molecule is C.C=C(C)[C@@H]1CC[C@]2(CC(=O)NCc3ncco3)CC[C@]3(C)[C@H](CC[C@@H]4[C@@]5(C)CC[C@H](OC(=O)CC(C)(C)CC(=O)O)C(C)(C)[C@@H]5CC[C@]43C)[C@@H]12. The van der Waals surface area contributed by atoms with E-state index in [0.29, 0.717) is 48.4 Å². The van der Waals surface area contributed by atoms with Crippen LogP contribution in [0.1, 0.15) is 152 Å². The summed E-state index contributed by atoms with van der Waals surface area (Å²) < 4.78 is 11.7. The molecule has 5 fully saturated rings. The number of fused-ring (bicyclic) bond motifs is 7. The summed E-state index contributed by atoms with van der Waals surface area (Å²) in [7, 11) is 0. The molecular weight excluding hydrogens is 640 g/mol. The summed E-state index contributed by atoms with van der Waals surface area (Å²) in [6.07, 6.45) is 14.7. The lowest BCUT2D eigenvalue weighted by Crippen LogP contribution is -2.67. The van der Waals surface area contributed by atoms with Crippen molar-refractivity contribution >= 4 is 17.8 Å². The van der Waals surface area contributed by atoms with Gasteiger partial charge in [-0.05, 0) is 128 Å². The number of nitrogens with zero attached hydrogens (tertiary/aromatic N) is 1. The molecule has 0 aromatic carbocycles. The van der Waals surface area contributed by atoms with E-state index in [-0.39, 0.29) is 65.3 Å². The van der Waals surface area contributed by atoms with Crippen LogP contribution in [0, 0.1) is 62.1 Å². The largest absolute Gasteiger partial charge is 0.481 e. The first-order valence-corrected chi connectivity index (χ1v) is 19.5. The molecule has 0 saturated heterocycles. The molecule has 2 N–H and O–H groups in total. The summed E-state index contributed by atoms with van der Waals surface area (Å²) in [4.78, 5) is 42.3. The van der Waals surface area contributed by atoms with Crippen molar-refractivity contribution in [2.24, 2.45) is 62.1 Å². The van der Waals surface area contributed by atoms with Gasteiger partial charge in [0.2, 0.25) is 11.8 Å². The molecule has 0 bridgehead atoms. The van der Waals surface area contributed by atoms with Gasteiger partial charge in [-0.2, -0.15) is 0 Å². The van der Waals surface area contributed by atoms with E-state index in [9.17, 15) is 19.5 Å². The van der Waals surface area contributed by atoms with E-state index in [1.165, 1.54) is 24.8 Å². The van der Waals surface area contributed by atoms with Crippen molar-refractivity contribution in [1.29, 1.82) is 0 Å². The van der Waals surface area contributed by atoms with Crippen LogP contribution in [0.5, 0.6) is 0 Å². The number of amides is 1. The molecule has 1 amide bonds. The summed E-state index contributed by atoms with van der Waals surface area (Å²) in [5.41, 5.74) is 0.977. The quantitative estimate of drug-likeness (QED) is 0.183. The van der Waals surface area contributed by atoms with Gasteiger partial charge in [-0.3, -0.25) is 14.4 Å². The molecule has 8 heteroatoms. The Morgan fingerprint density at radius 2 is 1.69 bits per heavy atom. The van der Waals surface area contributed by atoms with E-state index in [0.717, 1.165) is 44.9 Å². The van der Waals surface area contributed by atoms with Crippen molar-refractivity contribution in [1.82, 2.24) is 10.3 Å². The topological polar surface area (TPSA) is 119 Å². The number of rotatable bonds is 10. The Bertz CT molecular complexity index is 1480. The number of carboxylic acid groups (broad SMARTS) is 1. The van der Waals surface area contributed by atoms with Gasteiger partial charge in [-0.25, -0.2) is 4.98 Å². The van der Waals surface area contributed by atoms with E-state index in [1.807, 2.05) is 13.8 Å². The second kappa shape index (κ2) is 13.6. The molecule has 286 valence electrons. The van der Waals surface area contributed by atoms with E-state index in [4.69, 9.17) is 9.15 Å². The summed E-state index contributed by atoms with van der Waals surface area (Å²) in [5, 5.41) is 12.5. The molecule has 0 spiro atoms. The third-order valence-electron chi connectivity index (χ3n) is 16.1. The van der Waals surface area contributed by atoms with Crippen molar-refractivity contribution in [3.63, 3.8) is 0 Å². The van der Waals surface area contributed by atoms with Crippen molar-refractivity contribution in [3.8, 4) is 0 Å². The number of esters is 1. The van der Waals surface area contributed by atoms with Gasteiger partial charge in [-0.15, -0.1) is 0 Å². The molecule has 1 aromatic rings. The molecule has 10 atom stereocenters. The minimum absolute atomic E-state index is 0. The first-order chi connectivity index (χ1) is 23.3. The second-order valence-corrected chi connectivity index (χ2v) is 19.7. The summed E-state index contributed by atoms with van der Waals surface area (Å²) >= 11 is 0. The third kappa shape index (κ3) is 6.62. The summed E-state index contributed by atoms with van der Waals surface area (Å²) in [6, 6.07) is 0. The van der Waals surface area contributed by atoms with Crippen LogP contribution in [0.3, 0.4) is 0 Å². The molecule has 5 saturated carbocycles. The minimum atomic E-state index is -0.888. The smallest absolute Gasteiger partial charge is 0.306 e. The fourth-order valence-corrected chi connectivity index (χ4v) is 13.7. The molecule has 5 aliphatic rings. The maximum Gasteiger partial charge on any atom is 0.306 e. The lowest BCUT2D eigenvalue weighted by Gasteiger charge is -2.73. The molecule has 8 nitrogen and oxygen atoms in total. The highest BCUT2D eigenvalue weighted by Crippen LogP contribution is 2.78. The lowest BCUT2D eigenvalue weighted by atomic mass is 9.32. The Labute approximate surface area is 307 Å². The van der Waals surface area contributed by atoms with Crippen molar-refractivity contribution < 1.29 is 28.6 Å². The fraction of sp³-hybridized carbons (Fsp3) is 0.814. The Morgan fingerprint density at radius 3 is 2.33 bits per heavy atom. The van der Waals surface area contributed by atoms with Gasteiger partial charge >= 0.3 is 11.9 Å². The van der Waals surface area contributed by atoms with Gasteiger partial charge in [0.1, 0.15) is 12.4 Å². The first kappa shape index (κ1) is 39.6. The molecular formula is C43H68N2O6. The summed E-state index contributed by atoms with van der Waals surface area (Å²) in [5.74, 6) is 1.99. The van der Waals surface area contributed by atoms with Crippen LogP contribution < -0.4 is 5.32 Å². The van der Waals surface area contributed by atoms with E-state index < -0.39 is 11.4 Å². The standard InChI is InChI=1S/C42H64N2O6.CH4/c1-26(2)27-12-17-42(22-32(45)44-25-33-43-20-21-49-33)19-18-40(8)28(36(27)42)10-11-30-39(7)15-14-31(38(5,6)29(39)13-16-41(30,40)9)50-35(48)24-37(3,4)23-34(46)47;/h20-21,27-31,36H,1,10-19,22-25H2,2-9H3,(H,44,45)(H,46,47);1H4/t27-,28+,29-,30+,31-,36+,39-,40+,41+,42+;/m0./s1. The van der Waals surface area contributed by atoms with Crippen molar-refractivity contribution in [2.45, 2.75) is 159 Å². The Kier molecular flexibility index (Phi) is 10.6. The zero-order valence-electron chi connectivity index (χ0n) is 32.2. The highest BCUT2D eigenvalue weighted by molar-refractivity contribution is 5.77. The number of oxazole rings is 1. The number of allylic oxidation sites excluding steroid dienone is 1. The lowest BCUT2D eigenvalue weighted by molar-refractivity contribution is -0.250. The highest BCUT2D eigenvalue weighted by atomic mass is 16.5. The highest BCUT2D eigenvalue weighted by Gasteiger charge is 2.71. The van der Waals surface area contributed by atoms with Gasteiger partial charge in [0.05, 0.1) is 25.6 Å². The van der Waals surface area contributed by atoms with Gasteiger partial charge in [0, 0.05) is 11.8 Å². The molecule has 1 aromatic heterocycles. The molecule has 6 rings (SSSR count). The van der Waals surface area contributed by atoms with Gasteiger partial charge < -0.3 is 19.6 Å². The fourth-order valence-electron chi connectivity index (χ4n) is 13.7. The van der Waals surface area contributed by atoms with Crippen LogP contribution in [0.25, 0.3) is 0 Å². The normalized spacial score (nSPS) is 39.6. The second-order valence-electron chi connectivity index (χ2n) is 19.7. The number of aliphatic carboxylic acids is 1. The van der Waals surface area contributed by atoms with Crippen LogP contribution in [0.4, 0.5) is 0 Å². The number of carboxylic acids is 1. The van der Waals surface area contributed by atoms with E-state index in [2.05, 4.69) is 58.4 Å². The van der Waals surface area contributed by atoms with Crippen LogP contribution >= 0.6 is 0 Å². The van der Waals surface area contributed by atoms with Gasteiger partial charge in [0.15, 0.2) is 0 Å². The predicted octanol–water partition coefficient (Wildman–Crippen LogP) is 9.78. The molecule has 0 aliphatic heterocycles. The number of carbonyl (C=O) groups excluding carboxylic acids is 2. The molecule has 51 heavy (non-hydrogen) atoms. The molecule has 0 unspecified atom stereocenters. The Hall–Kier alpha value is -2.64. The van der Waals surface area contributed by atoms with Crippen molar-refractivity contribution in [2.75, 3.05) is 0 Å². The van der Waals surface area contributed by atoms with Gasteiger partial charge in [0.25, 0.3) is 0 Å². The minimum Gasteiger partial charge on any atom is -0.481 e. The number of carbonyl (C=O) groups is 3. The van der Waals surface area contributed by atoms with E-state index >= 15 is 0 Å². The van der Waals surface area contributed by atoms with E-state index in [1.54, 1.807) is 12.5 Å². The maximum atomic E-state index is 13.6. The molecule has 0 radical (unpaired) electrons. The number of hydrogen-bond acceptors (Lipinski definition) is 6. The third-order valence-corrected chi connectivity index (χ3v) is 16.1. The zero-order chi connectivity index (χ0) is 36.5. The molecule has 1 heterocycles. The van der Waals surface area contributed by atoms with Gasteiger partial charge in [-0.1, -0.05) is 68.0 Å². The Morgan fingerprint density at radius 1 is 0.961 bits per heavy atom. The van der Waals surface area contributed by atoms with Crippen LogP contribution in [-0.4, -0.2) is 34.0 Å². The molecule has 5 aliphatic carbocycles.